The highest BCUT2D eigenvalue weighted by atomic mass is 19.1. The Hall–Kier alpha value is -3.54. The van der Waals surface area contributed by atoms with E-state index in [2.05, 4.69) is 15.3 Å². The summed E-state index contributed by atoms with van der Waals surface area (Å²) in [6, 6.07) is 17.8. The third-order valence-electron chi connectivity index (χ3n) is 4.32. The van der Waals surface area contributed by atoms with Crippen molar-refractivity contribution in [2.24, 2.45) is 0 Å². The molecule has 134 valence electrons. The second-order valence-electron chi connectivity index (χ2n) is 6.18. The molecule has 0 unspecified atom stereocenters. The molecule has 1 amide bonds. The molecule has 0 saturated carbocycles. The van der Waals surface area contributed by atoms with Gasteiger partial charge in [0.25, 0.3) is 0 Å². The number of carbonyl (C=O) groups excluding carboxylic acids is 1. The second-order valence-corrected chi connectivity index (χ2v) is 6.18. The van der Waals surface area contributed by atoms with Crippen molar-refractivity contribution in [2.75, 3.05) is 0 Å². The van der Waals surface area contributed by atoms with E-state index in [0.29, 0.717) is 17.9 Å². The molecule has 2 aromatic carbocycles. The van der Waals surface area contributed by atoms with Crippen molar-refractivity contribution in [3.8, 4) is 11.3 Å². The van der Waals surface area contributed by atoms with E-state index in [1.807, 2.05) is 41.1 Å². The SMILES string of the molecule is O=C(Cn1ccc2ccccc21)NCc1cc(-c2ccc(F)cc2)ncn1. The molecule has 0 saturated heterocycles. The number of fused-ring (bicyclic) bond motifs is 1. The summed E-state index contributed by atoms with van der Waals surface area (Å²) in [5, 5.41) is 3.98. The van der Waals surface area contributed by atoms with Crippen LogP contribution < -0.4 is 5.32 Å². The van der Waals surface area contributed by atoms with Crippen molar-refractivity contribution in [2.45, 2.75) is 13.1 Å². The van der Waals surface area contributed by atoms with Crippen LogP contribution in [-0.2, 0) is 17.9 Å². The molecule has 6 heteroatoms. The number of aromatic nitrogens is 3. The second kappa shape index (κ2) is 7.37. The van der Waals surface area contributed by atoms with Crippen LogP contribution in [0.25, 0.3) is 22.2 Å². The Morgan fingerprint density at radius 1 is 1.04 bits per heavy atom. The van der Waals surface area contributed by atoms with E-state index >= 15 is 0 Å². The van der Waals surface area contributed by atoms with Crippen molar-refractivity contribution in [3.05, 3.63) is 84.7 Å². The lowest BCUT2D eigenvalue weighted by Crippen LogP contribution is -2.27. The maximum atomic E-state index is 13.1. The van der Waals surface area contributed by atoms with Crippen molar-refractivity contribution in [1.29, 1.82) is 0 Å². The smallest absolute Gasteiger partial charge is 0.240 e. The number of hydrogen-bond donors (Lipinski definition) is 1. The van der Waals surface area contributed by atoms with E-state index < -0.39 is 0 Å². The quantitative estimate of drug-likeness (QED) is 0.592. The van der Waals surface area contributed by atoms with Crippen LogP contribution in [0, 0.1) is 5.82 Å². The molecule has 4 aromatic rings. The van der Waals surface area contributed by atoms with Gasteiger partial charge in [-0.05, 0) is 47.9 Å². The van der Waals surface area contributed by atoms with E-state index in [-0.39, 0.29) is 18.3 Å². The maximum absolute atomic E-state index is 13.1. The molecule has 0 aliphatic rings. The molecule has 0 fully saturated rings. The molecule has 0 spiro atoms. The molecule has 0 atom stereocenters. The van der Waals surface area contributed by atoms with Gasteiger partial charge in [0.15, 0.2) is 0 Å². The maximum Gasteiger partial charge on any atom is 0.240 e. The minimum Gasteiger partial charge on any atom is -0.349 e. The van der Waals surface area contributed by atoms with Gasteiger partial charge in [0.05, 0.1) is 17.9 Å². The van der Waals surface area contributed by atoms with Crippen LogP contribution in [0.1, 0.15) is 5.69 Å². The normalized spacial score (nSPS) is 10.9. The third-order valence-corrected chi connectivity index (χ3v) is 4.32. The summed E-state index contributed by atoms with van der Waals surface area (Å²) in [5.74, 6) is -0.392. The Morgan fingerprint density at radius 3 is 2.70 bits per heavy atom. The largest absolute Gasteiger partial charge is 0.349 e. The van der Waals surface area contributed by atoms with Crippen molar-refractivity contribution >= 4 is 16.8 Å². The summed E-state index contributed by atoms with van der Waals surface area (Å²) in [6.07, 6.45) is 3.35. The van der Waals surface area contributed by atoms with Crippen LogP contribution in [0.3, 0.4) is 0 Å². The molecular weight excluding hydrogens is 343 g/mol. The van der Waals surface area contributed by atoms with Crippen molar-refractivity contribution < 1.29 is 9.18 Å². The summed E-state index contributed by atoms with van der Waals surface area (Å²) < 4.78 is 15.0. The van der Waals surface area contributed by atoms with Crippen molar-refractivity contribution in [1.82, 2.24) is 19.9 Å². The van der Waals surface area contributed by atoms with Gasteiger partial charge in [-0.1, -0.05) is 18.2 Å². The Morgan fingerprint density at radius 2 is 1.85 bits per heavy atom. The van der Waals surface area contributed by atoms with Gasteiger partial charge in [-0.2, -0.15) is 0 Å². The fraction of sp³-hybridized carbons (Fsp3) is 0.0952. The fourth-order valence-electron chi connectivity index (χ4n) is 2.95. The number of hydrogen-bond acceptors (Lipinski definition) is 3. The highest BCUT2D eigenvalue weighted by Gasteiger charge is 2.07. The van der Waals surface area contributed by atoms with Crippen LogP contribution in [0.2, 0.25) is 0 Å². The molecule has 0 radical (unpaired) electrons. The number of nitrogens with zero attached hydrogens (tertiary/aromatic N) is 3. The monoisotopic (exact) mass is 360 g/mol. The average Bonchev–Trinajstić information content (AvgIpc) is 3.10. The van der Waals surface area contributed by atoms with Gasteiger partial charge in [0.2, 0.25) is 5.91 Å². The molecule has 0 aliphatic carbocycles. The van der Waals surface area contributed by atoms with Crippen LogP contribution in [0.4, 0.5) is 4.39 Å². The first-order chi connectivity index (χ1) is 13.2. The summed E-state index contributed by atoms with van der Waals surface area (Å²) in [6.45, 7) is 0.540. The summed E-state index contributed by atoms with van der Waals surface area (Å²) in [4.78, 5) is 20.7. The van der Waals surface area contributed by atoms with Crippen LogP contribution in [0.5, 0.6) is 0 Å². The Balaban J connectivity index is 1.42. The summed E-state index contributed by atoms with van der Waals surface area (Å²) >= 11 is 0. The van der Waals surface area contributed by atoms with Crippen molar-refractivity contribution in [3.63, 3.8) is 0 Å². The van der Waals surface area contributed by atoms with E-state index in [1.54, 1.807) is 18.2 Å². The predicted octanol–water partition coefficient (Wildman–Crippen LogP) is 3.55. The van der Waals surface area contributed by atoms with E-state index in [9.17, 15) is 9.18 Å². The van der Waals surface area contributed by atoms with Crippen LogP contribution in [-0.4, -0.2) is 20.4 Å². The first kappa shape index (κ1) is 16.9. The predicted molar refractivity (Wildman–Crippen MR) is 101 cm³/mol. The lowest BCUT2D eigenvalue weighted by Gasteiger charge is -2.08. The number of benzene rings is 2. The van der Waals surface area contributed by atoms with Crippen LogP contribution >= 0.6 is 0 Å². The molecule has 4 rings (SSSR count). The van der Waals surface area contributed by atoms with Gasteiger partial charge in [0, 0.05) is 17.3 Å². The number of carbonyl (C=O) groups is 1. The topological polar surface area (TPSA) is 59.8 Å². The zero-order valence-electron chi connectivity index (χ0n) is 14.5. The first-order valence-electron chi connectivity index (χ1n) is 8.56. The third kappa shape index (κ3) is 3.84. The van der Waals surface area contributed by atoms with E-state index in [4.69, 9.17) is 0 Å². The number of rotatable bonds is 5. The Bertz CT molecular complexity index is 1090. The fourth-order valence-corrected chi connectivity index (χ4v) is 2.95. The standard InChI is InChI=1S/C21H17FN4O/c22-17-7-5-15(6-8-17)19-11-18(24-14-25-19)12-23-21(27)13-26-10-9-16-3-1-2-4-20(16)26/h1-11,14H,12-13H2,(H,23,27). The summed E-state index contributed by atoms with van der Waals surface area (Å²) in [7, 11) is 0. The lowest BCUT2D eigenvalue weighted by atomic mass is 10.1. The highest BCUT2D eigenvalue weighted by molar-refractivity contribution is 5.83. The molecular formula is C21H17FN4O. The van der Waals surface area contributed by atoms with Gasteiger partial charge in [-0.25, -0.2) is 14.4 Å². The molecule has 27 heavy (non-hydrogen) atoms. The number of para-hydroxylation sites is 1. The van der Waals surface area contributed by atoms with Crippen LogP contribution in [0.15, 0.2) is 73.2 Å². The highest BCUT2D eigenvalue weighted by Crippen LogP contribution is 2.17. The number of nitrogens with one attached hydrogen (secondary N) is 1. The average molecular weight is 360 g/mol. The van der Waals surface area contributed by atoms with E-state index in [0.717, 1.165) is 16.5 Å². The Kier molecular flexibility index (Phi) is 4.61. The number of halogens is 1. The molecule has 2 aromatic heterocycles. The minimum absolute atomic E-state index is 0.0988. The van der Waals surface area contributed by atoms with Gasteiger partial charge >= 0.3 is 0 Å². The summed E-state index contributed by atoms with van der Waals surface area (Å²) in [5.41, 5.74) is 3.19. The number of amides is 1. The molecule has 2 heterocycles. The minimum atomic E-state index is -0.294. The first-order valence-corrected chi connectivity index (χ1v) is 8.56. The van der Waals surface area contributed by atoms with Gasteiger partial charge in [0.1, 0.15) is 18.7 Å². The van der Waals surface area contributed by atoms with Gasteiger partial charge in [-0.3, -0.25) is 4.79 Å². The zero-order chi connectivity index (χ0) is 18.6. The molecule has 5 nitrogen and oxygen atoms in total. The van der Waals surface area contributed by atoms with Gasteiger partial charge in [-0.15, -0.1) is 0 Å². The zero-order valence-corrected chi connectivity index (χ0v) is 14.5. The Labute approximate surface area is 155 Å². The molecule has 0 bridgehead atoms. The van der Waals surface area contributed by atoms with Gasteiger partial charge < -0.3 is 9.88 Å². The molecule has 1 N–H and O–H groups in total. The van der Waals surface area contributed by atoms with E-state index in [1.165, 1.54) is 18.5 Å². The molecule has 0 aliphatic heterocycles. The lowest BCUT2D eigenvalue weighted by molar-refractivity contribution is -0.121.